The molecule has 0 bridgehead atoms. The van der Waals surface area contributed by atoms with Crippen molar-refractivity contribution in [3.63, 3.8) is 0 Å². The van der Waals surface area contributed by atoms with Crippen LogP contribution in [-0.2, 0) is 10.0 Å². The van der Waals surface area contributed by atoms with Gasteiger partial charge in [0.25, 0.3) is 6.43 Å². The lowest BCUT2D eigenvalue weighted by atomic mass is 10.2. The molecule has 0 fully saturated rings. The normalized spacial score (nSPS) is 11.5. The Morgan fingerprint density at radius 2 is 2.12 bits per heavy atom. The molecule has 0 saturated carbocycles. The van der Waals surface area contributed by atoms with E-state index in [0.717, 1.165) is 0 Å². The summed E-state index contributed by atoms with van der Waals surface area (Å²) in [5, 5.41) is 13.3. The molecule has 1 aromatic heterocycles. The molecule has 0 saturated heterocycles. The first kappa shape index (κ1) is 13.2. The number of pyridine rings is 1. The summed E-state index contributed by atoms with van der Waals surface area (Å²) in [6, 6.07) is 1.58. The number of hydrogen-bond donors (Lipinski definition) is 1. The van der Waals surface area contributed by atoms with Gasteiger partial charge in [-0.15, -0.1) is 0 Å². The number of sulfonamides is 1. The van der Waals surface area contributed by atoms with Gasteiger partial charge in [0.2, 0.25) is 10.0 Å². The Labute approximate surface area is 103 Å². The van der Waals surface area contributed by atoms with E-state index in [-0.39, 0.29) is 9.26 Å². The quantitative estimate of drug-likeness (QED) is 0.801. The molecule has 0 amide bonds. The summed E-state index contributed by atoms with van der Waals surface area (Å²) in [6.07, 6.45) is -2.38. The van der Waals surface area contributed by atoms with Crippen molar-refractivity contribution in [1.29, 1.82) is 5.26 Å². The first-order valence-electron chi connectivity index (χ1n) is 3.68. The highest BCUT2D eigenvalue weighted by atomic mass is 127. The van der Waals surface area contributed by atoms with Crippen molar-refractivity contribution in [2.24, 2.45) is 5.14 Å². The Morgan fingerprint density at radius 1 is 1.56 bits per heavy atom. The number of hydrogen-bond acceptors (Lipinski definition) is 4. The van der Waals surface area contributed by atoms with Gasteiger partial charge in [-0.3, -0.25) is 0 Å². The Kier molecular flexibility index (Phi) is 3.76. The molecule has 0 aromatic carbocycles. The maximum atomic E-state index is 12.7. The third-order valence-electron chi connectivity index (χ3n) is 1.65. The van der Waals surface area contributed by atoms with Crippen molar-refractivity contribution in [1.82, 2.24) is 4.98 Å². The number of aromatic nitrogens is 1. The Morgan fingerprint density at radius 3 is 2.50 bits per heavy atom. The van der Waals surface area contributed by atoms with Gasteiger partial charge in [-0.1, -0.05) is 0 Å². The summed E-state index contributed by atoms with van der Waals surface area (Å²) in [5.41, 5.74) is -1.04. The van der Waals surface area contributed by atoms with Crippen LogP contribution < -0.4 is 5.14 Å². The summed E-state index contributed by atoms with van der Waals surface area (Å²) in [6.45, 7) is 0. The van der Waals surface area contributed by atoms with Gasteiger partial charge >= 0.3 is 0 Å². The fourth-order valence-electron chi connectivity index (χ4n) is 0.993. The molecule has 0 atom stereocenters. The van der Waals surface area contributed by atoms with E-state index in [2.05, 4.69) is 4.98 Å². The fraction of sp³-hybridized carbons (Fsp3) is 0.143. The second-order valence-corrected chi connectivity index (χ2v) is 5.26. The lowest BCUT2D eigenvalue weighted by Crippen LogP contribution is -2.17. The number of nitriles is 1. The van der Waals surface area contributed by atoms with Gasteiger partial charge in [-0.2, -0.15) is 5.26 Å². The molecule has 16 heavy (non-hydrogen) atoms. The van der Waals surface area contributed by atoms with E-state index in [4.69, 9.17) is 10.4 Å². The van der Waals surface area contributed by atoms with Crippen molar-refractivity contribution in [3.8, 4) is 6.07 Å². The van der Waals surface area contributed by atoms with E-state index in [1.165, 1.54) is 22.6 Å². The molecule has 1 heterocycles. The topological polar surface area (TPSA) is 96.8 Å². The summed E-state index contributed by atoms with van der Waals surface area (Å²) in [7, 11) is -4.28. The maximum Gasteiger partial charge on any atom is 0.266 e. The molecule has 0 unspecified atom stereocenters. The van der Waals surface area contributed by atoms with Crippen LogP contribution in [0.25, 0.3) is 0 Å². The molecule has 0 aliphatic heterocycles. The maximum absolute atomic E-state index is 12.7. The lowest BCUT2D eigenvalue weighted by molar-refractivity contribution is 0.146. The summed E-state index contributed by atoms with van der Waals surface area (Å²) in [5.74, 6) is 0. The molecular formula is C7H4F2IN3O2S. The smallest absolute Gasteiger partial charge is 0.243 e. The Bertz CT molecular complexity index is 568. The number of nitrogens with two attached hydrogens (primary N) is 1. The molecule has 0 spiro atoms. The van der Waals surface area contributed by atoms with E-state index < -0.39 is 26.9 Å². The monoisotopic (exact) mass is 359 g/mol. The van der Waals surface area contributed by atoms with Gasteiger partial charge in [0.05, 0.1) is 9.13 Å². The van der Waals surface area contributed by atoms with Crippen molar-refractivity contribution in [3.05, 3.63) is 21.0 Å². The van der Waals surface area contributed by atoms with Crippen molar-refractivity contribution in [2.45, 2.75) is 11.3 Å². The lowest BCUT2D eigenvalue weighted by Gasteiger charge is -2.09. The standard InChI is InChI=1S/C7H4F2IN3O2S/c8-7(9)5-4(16(12,14)15)2-13-3(1-11)6(5)10/h2,7H,(H2,12,14,15). The minimum Gasteiger partial charge on any atom is -0.243 e. The van der Waals surface area contributed by atoms with E-state index in [1.807, 2.05) is 0 Å². The predicted octanol–water partition coefficient (Wildman–Crippen LogP) is 1.14. The summed E-state index contributed by atoms with van der Waals surface area (Å²) in [4.78, 5) is 2.69. The van der Waals surface area contributed by atoms with E-state index in [9.17, 15) is 17.2 Å². The summed E-state index contributed by atoms with van der Waals surface area (Å²) < 4.78 is 47.2. The number of halogens is 3. The molecule has 2 N–H and O–H groups in total. The van der Waals surface area contributed by atoms with Crippen LogP contribution in [0.1, 0.15) is 17.7 Å². The fourth-order valence-corrected chi connectivity index (χ4v) is 2.66. The molecule has 0 aliphatic carbocycles. The highest BCUT2D eigenvalue weighted by Crippen LogP contribution is 2.31. The Hall–Kier alpha value is -0.860. The van der Waals surface area contributed by atoms with Gasteiger partial charge in [0.1, 0.15) is 11.0 Å². The average Bonchev–Trinajstić information content (AvgIpc) is 2.15. The van der Waals surface area contributed by atoms with Crippen molar-refractivity contribution >= 4 is 32.6 Å². The number of alkyl halides is 2. The minimum atomic E-state index is -4.28. The van der Waals surface area contributed by atoms with Crippen LogP contribution >= 0.6 is 22.6 Å². The van der Waals surface area contributed by atoms with Crippen LogP contribution in [-0.4, -0.2) is 13.4 Å². The van der Waals surface area contributed by atoms with Crippen LogP contribution in [0.4, 0.5) is 8.78 Å². The second-order valence-electron chi connectivity index (χ2n) is 2.66. The predicted molar refractivity (Wildman–Crippen MR) is 58.0 cm³/mol. The third kappa shape index (κ3) is 2.45. The largest absolute Gasteiger partial charge is 0.266 e. The number of nitrogens with zero attached hydrogens (tertiary/aromatic N) is 2. The Balaban J connectivity index is 3.69. The van der Waals surface area contributed by atoms with E-state index in [0.29, 0.717) is 6.20 Å². The van der Waals surface area contributed by atoms with Gasteiger partial charge in [-0.25, -0.2) is 27.3 Å². The van der Waals surface area contributed by atoms with Crippen LogP contribution in [0, 0.1) is 14.9 Å². The molecule has 1 rings (SSSR count). The molecule has 86 valence electrons. The highest BCUT2D eigenvalue weighted by molar-refractivity contribution is 14.1. The molecule has 0 aliphatic rings. The molecular weight excluding hydrogens is 355 g/mol. The molecule has 0 radical (unpaired) electrons. The van der Waals surface area contributed by atoms with E-state index in [1.54, 1.807) is 6.07 Å². The van der Waals surface area contributed by atoms with Gasteiger partial charge < -0.3 is 0 Å². The zero-order chi connectivity index (χ0) is 12.5. The molecule has 9 heteroatoms. The van der Waals surface area contributed by atoms with Crippen LogP contribution in [0.5, 0.6) is 0 Å². The van der Waals surface area contributed by atoms with Crippen molar-refractivity contribution in [2.75, 3.05) is 0 Å². The third-order valence-corrected chi connectivity index (χ3v) is 3.68. The molecule has 5 nitrogen and oxygen atoms in total. The molecule has 1 aromatic rings. The van der Waals surface area contributed by atoms with Gasteiger partial charge in [0, 0.05) is 6.20 Å². The number of primary sulfonamides is 1. The first-order chi connectivity index (χ1) is 7.29. The van der Waals surface area contributed by atoms with Gasteiger partial charge in [0.15, 0.2) is 5.69 Å². The second kappa shape index (κ2) is 4.56. The zero-order valence-electron chi connectivity index (χ0n) is 7.49. The first-order valence-corrected chi connectivity index (χ1v) is 6.31. The van der Waals surface area contributed by atoms with Crippen LogP contribution in [0.3, 0.4) is 0 Å². The SMILES string of the molecule is N#Cc1ncc(S(N)(=O)=O)c(C(F)F)c1I. The number of rotatable bonds is 2. The zero-order valence-corrected chi connectivity index (χ0v) is 10.5. The average molecular weight is 359 g/mol. The van der Waals surface area contributed by atoms with Crippen LogP contribution in [0.2, 0.25) is 0 Å². The van der Waals surface area contributed by atoms with E-state index >= 15 is 0 Å². The van der Waals surface area contributed by atoms with Crippen molar-refractivity contribution < 1.29 is 17.2 Å². The van der Waals surface area contributed by atoms with Crippen LogP contribution in [0.15, 0.2) is 11.1 Å². The van der Waals surface area contributed by atoms with Gasteiger partial charge in [-0.05, 0) is 22.6 Å². The minimum absolute atomic E-state index is 0.207. The highest BCUT2D eigenvalue weighted by Gasteiger charge is 2.26. The summed E-state index contributed by atoms with van der Waals surface area (Å²) >= 11 is 1.44.